The first-order valence-corrected chi connectivity index (χ1v) is 8.18. The van der Waals surface area contributed by atoms with Gasteiger partial charge in [0.05, 0.1) is 11.3 Å². The number of hydrogen-bond acceptors (Lipinski definition) is 3. The highest BCUT2D eigenvalue weighted by atomic mass is 19.1. The molecule has 0 bridgehead atoms. The van der Waals surface area contributed by atoms with Gasteiger partial charge in [0.25, 0.3) is 5.91 Å². The van der Waals surface area contributed by atoms with Crippen molar-refractivity contribution in [3.05, 3.63) is 41.7 Å². The number of aliphatic hydroxyl groups excluding tert-OH is 1. The molecule has 24 heavy (non-hydrogen) atoms. The van der Waals surface area contributed by atoms with E-state index in [1.54, 1.807) is 0 Å². The number of nitrogens with one attached hydrogen (secondary N) is 2. The van der Waals surface area contributed by atoms with Crippen molar-refractivity contribution in [2.75, 3.05) is 11.9 Å². The monoisotopic (exact) mass is 332 g/mol. The fourth-order valence-electron chi connectivity index (χ4n) is 2.99. The van der Waals surface area contributed by atoms with Crippen LogP contribution >= 0.6 is 0 Å². The van der Waals surface area contributed by atoms with Gasteiger partial charge in [-0.3, -0.25) is 9.59 Å². The molecule has 3 N–H and O–H groups in total. The zero-order valence-corrected chi connectivity index (χ0v) is 13.5. The maximum Gasteiger partial charge on any atom is 0.253 e. The molecule has 0 aliphatic heterocycles. The van der Waals surface area contributed by atoms with Crippen LogP contribution in [-0.4, -0.2) is 29.6 Å². The van der Waals surface area contributed by atoms with Gasteiger partial charge in [0.2, 0.25) is 5.91 Å². The molecule has 2 aliphatic rings. The fourth-order valence-corrected chi connectivity index (χ4v) is 2.99. The molecule has 0 radical (unpaired) electrons. The van der Waals surface area contributed by atoms with Crippen molar-refractivity contribution in [3.8, 4) is 0 Å². The van der Waals surface area contributed by atoms with Crippen molar-refractivity contribution in [1.29, 1.82) is 0 Å². The van der Waals surface area contributed by atoms with Crippen LogP contribution < -0.4 is 10.6 Å². The molecule has 0 aromatic heterocycles. The third kappa shape index (κ3) is 3.64. The molecule has 3 rings (SSSR count). The molecule has 1 aromatic rings. The van der Waals surface area contributed by atoms with Gasteiger partial charge in [-0.15, -0.1) is 0 Å². The Bertz CT molecular complexity index is 689. The van der Waals surface area contributed by atoms with Gasteiger partial charge in [-0.25, -0.2) is 4.39 Å². The Morgan fingerprint density at radius 2 is 2.04 bits per heavy atom. The number of anilines is 1. The minimum absolute atomic E-state index is 0.0262. The largest absolute Gasteiger partial charge is 0.396 e. The van der Waals surface area contributed by atoms with E-state index in [1.165, 1.54) is 12.1 Å². The second-order valence-electron chi connectivity index (χ2n) is 6.64. The molecule has 128 valence electrons. The van der Waals surface area contributed by atoms with Gasteiger partial charge in [-0.1, -0.05) is 19.1 Å². The lowest BCUT2D eigenvalue weighted by Gasteiger charge is -2.15. The summed E-state index contributed by atoms with van der Waals surface area (Å²) >= 11 is 0. The fraction of sp³-hybridized carbons (Fsp3) is 0.444. The predicted molar refractivity (Wildman–Crippen MR) is 87.9 cm³/mol. The summed E-state index contributed by atoms with van der Waals surface area (Å²) < 4.78 is 13.6. The number of amides is 2. The predicted octanol–water partition coefficient (Wildman–Crippen LogP) is 2.09. The number of halogens is 1. The molecule has 6 heteroatoms. The zero-order chi connectivity index (χ0) is 17.3. The molecule has 4 atom stereocenters. The number of benzene rings is 1. The van der Waals surface area contributed by atoms with Crippen molar-refractivity contribution >= 4 is 17.5 Å². The Labute approximate surface area is 139 Å². The summed E-state index contributed by atoms with van der Waals surface area (Å²) in [5.74, 6) is -0.770. The van der Waals surface area contributed by atoms with Crippen molar-refractivity contribution < 1.29 is 19.1 Å². The summed E-state index contributed by atoms with van der Waals surface area (Å²) in [4.78, 5) is 24.6. The van der Waals surface area contributed by atoms with Crippen LogP contribution in [0.3, 0.4) is 0 Å². The average molecular weight is 332 g/mol. The van der Waals surface area contributed by atoms with Crippen molar-refractivity contribution in [2.45, 2.75) is 25.8 Å². The minimum Gasteiger partial charge on any atom is -0.396 e. The topological polar surface area (TPSA) is 78.4 Å². The zero-order valence-electron chi connectivity index (χ0n) is 13.5. The van der Waals surface area contributed by atoms with Crippen LogP contribution in [0.4, 0.5) is 10.1 Å². The molecule has 0 unspecified atom stereocenters. The number of carbonyl (C=O) groups is 2. The van der Waals surface area contributed by atoms with Crippen LogP contribution in [0.15, 0.2) is 30.4 Å². The van der Waals surface area contributed by atoms with E-state index in [0.29, 0.717) is 18.0 Å². The number of aliphatic hydroxyl groups is 1. The standard InChI is InChI=1S/C18H21FN2O3/c1-10-6-14(10)17(23)21-16-5-3-12(19)8-15(16)18(24)20-13-4-2-11(7-13)9-22/h2-5,8,10-11,13-14,22H,6-7,9H2,1H3,(H,20,24)(H,21,23)/t10-,11+,13-,14-/m1/s1. The van der Waals surface area contributed by atoms with E-state index in [1.807, 2.05) is 19.1 Å². The quantitative estimate of drug-likeness (QED) is 0.723. The van der Waals surface area contributed by atoms with Crippen molar-refractivity contribution in [1.82, 2.24) is 5.32 Å². The summed E-state index contributed by atoms with van der Waals surface area (Å²) in [5, 5.41) is 14.7. The number of carbonyl (C=O) groups excluding carboxylic acids is 2. The second-order valence-corrected chi connectivity index (χ2v) is 6.64. The molecule has 1 aromatic carbocycles. The van der Waals surface area contributed by atoms with Crippen molar-refractivity contribution in [3.63, 3.8) is 0 Å². The normalized spacial score (nSPS) is 27.8. The third-order valence-corrected chi connectivity index (χ3v) is 4.65. The molecule has 5 nitrogen and oxygen atoms in total. The average Bonchev–Trinajstić information content (AvgIpc) is 3.12. The summed E-state index contributed by atoms with van der Waals surface area (Å²) in [6, 6.07) is 3.56. The van der Waals surface area contributed by atoms with Crippen LogP contribution in [0, 0.1) is 23.6 Å². The van der Waals surface area contributed by atoms with Crippen LogP contribution in [-0.2, 0) is 4.79 Å². The van der Waals surface area contributed by atoms with E-state index in [0.717, 1.165) is 12.5 Å². The van der Waals surface area contributed by atoms with Crippen LogP contribution in [0.25, 0.3) is 0 Å². The summed E-state index contributed by atoms with van der Waals surface area (Å²) in [5.41, 5.74) is 0.427. The van der Waals surface area contributed by atoms with E-state index in [4.69, 9.17) is 5.11 Å². The molecule has 1 saturated carbocycles. The Morgan fingerprint density at radius 1 is 1.29 bits per heavy atom. The maximum absolute atomic E-state index is 13.6. The molecular formula is C18H21FN2O3. The van der Waals surface area contributed by atoms with Gasteiger partial charge in [0.15, 0.2) is 0 Å². The summed E-state index contributed by atoms with van der Waals surface area (Å²) in [6.45, 7) is 2.02. The Morgan fingerprint density at radius 3 is 2.67 bits per heavy atom. The first kappa shape index (κ1) is 16.6. The minimum atomic E-state index is -0.534. The first-order chi connectivity index (χ1) is 11.5. The SMILES string of the molecule is C[C@@H]1C[C@H]1C(=O)Nc1ccc(F)cc1C(=O)N[C@@H]1C=C[C@H](CO)C1. The Hall–Kier alpha value is -2.21. The van der Waals surface area contributed by atoms with Crippen LogP contribution in [0.2, 0.25) is 0 Å². The highest BCUT2D eigenvalue weighted by Crippen LogP contribution is 2.38. The van der Waals surface area contributed by atoms with E-state index < -0.39 is 11.7 Å². The molecule has 0 heterocycles. The summed E-state index contributed by atoms with van der Waals surface area (Å²) in [6.07, 6.45) is 5.12. The van der Waals surface area contributed by atoms with Gasteiger partial charge >= 0.3 is 0 Å². The van der Waals surface area contributed by atoms with Gasteiger partial charge in [0, 0.05) is 24.5 Å². The van der Waals surface area contributed by atoms with Gasteiger partial charge in [0.1, 0.15) is 5.82 Å². The van der Waals surface area contributed by atoms with Crippen LogP contribution in [0.1, 0.15) is 30.1 Å². The molecule has 0 saturated heterocycles. The molecule has 0 spiro atoms. The van der Waals surface area contributed by atoms with Gasteiger partial charge in [-0.05, 0) is 37.0 Å². The van der Waals surface area contributed by atoms with E-state index in [9.17, 15) is 14.0 Å². The van der Waals surface area contributed by atoms with E-state index in [-0.39, 0.29) is 36.0 Å². The van der Waals surface area contributed by atoms with Gasteiger partial charge in [-0.2, -0.15) is 0 Å². The highest BCUT2D eigenvalue weighted by Gasteiger charge is 2.39. The Balaban J connectivity index is 1.71. The van der Waals surface area contributed by atoms with Crippen LogP contribution in [0.5, 0.6) is 0 Å². The Kier molecular flexibility index (Phi) is 4.66. The number of hydrogen-bond donors (Lipinski definition) is 3. The summed E-state index contributed by atoms with van der Waals surface area (Å²) in [7, 11) is 0. The smallest absolute Gasteiger partial charge is 0.253 e. The molecular weight excluding hydrogens is 311 g/mol. The van der Waals surface area contributed by atoms with Gasteiger partial charge < -0.3 is 15.7 Å². The highest BCUT2D eigenvalue weighted by molar-refractivity contribution is 6.04. The van der Waals surface area contributed by atoms with E-state index >= 15 is 0 Å². The lowest BCUT2D eigenvalue weighted by molar-refractivity contribution is -0.117. The lowest BCUT2D eigenvalue weighted by Crippen LogP contribution is -2.33. The third-order valence-electron chi connectivity index (χ3n) is 4.65. The molecule has 1 fully saturated rings. The maximum atomic E-state index is 13.6. The molecule has 2 aliphatic carbocycles. The first-order valence-electron chi connectivity index (χ1n) is 8.18. The van der Waals surface area contributed by atoms with Crippen molar-refractivity contribution in [2.24, 2.45) is 17.8 Å². The second kappa shape index (κ2) is 6.73. The lowest BCUT2D eigenvalue weighted by atomic mass is 10.1. The molecule has 2 amide bonds. The van der Waals surface area contributed by atoms with E-state index in [2.05, 4.69) is 10.6 Å². The number of rotatable bonds is 5.